The van der Waals surface area contributed by atoms with E-state index in [2.05, 4.69) is 4.83 Å². The number of nitrogens with zero attached hydrogens (tertiary/aromatic N) is 1. The number of hydrogen-bond acceptors (Lipinski definition) is 4. The average molecular weight is 243 g/mol. The predicted molar refractivity (Wildman–Crippen MR) is 63.1 cm³/mol. The highest BCUT2D eigenvalue weighted by Crippen LogP contribution is 2.15. The van der Waals surface area contributed by atoms with Gasteiger partial charge in [0.05, 0.1) is 4.90 Å². The van der Waals surface area contributed by atoms with E-state index in [-0.39, 0.29) is 10.9 Å². The van der Waals surface area contributed by atoms with E-state index >= 15 is 0 Å². The SMILES string of the molecule is CC(N)c1cccc(S(=O)(=O)NN(C)C)c1. The molecule has 0 aromatic heterocycles. The second-order valence-corrected chi connectivity index (χ2v) is 5.51. The Labute approximate surface area is 96.3 Å². The summed E-state index contributed by atoms with van der Waals surface area (Å²) in [7, 11) is -0.259. The summed E-state index contributed by atoms with van der Waals surface area (Å²) in [6, 6.07) is 6.42. The van der Waals surface area contributed by atoms with Gasteiger partial charge >= 0.3 is 0 Å². The molecule has 0 aliphatic carbocycles. The van der Waals surface area contributed by atoms with Gasteiger partial charge in [0.1, 0.15) is 0 Å². The third-order valence-corrected chi connectivity index (χ3v) is 3.48. The minimum absolute atomic E-state index is 0.186. The van der Waals surface area contributed by atoms with Crippen LogP contribution < -0.4 is 10.6 Å². The van der Waals surface area contributed by atoms with Crippen molar-refractivity contribution in [3.8, 4) is 0 Å². The van der Waals surface area contributed by atoms with E-state index in [4.69, 9.17) is 5.73 Å². The molecule has 6 heteroatoms. The number of rotatable bonds is 4. The van der Waals surface area contributed by atoms with Gasteiger partial charge in [-0.05, 0) is 24.6 Å². The van der Waals surface area contributed by atoms with Crippen molar-refractivity contribution in [1.29, 1.82) is 0 Å². The Morgan fingerprint density at radius 1 is 1.38 bits per heavy atom. The highest BCUT2D eigenvalue weighted by atomic mass is 32.2. The van der Waals surface area contributed by atoms with Crippen LogP contribution in [0.5, 0.6) is 0 Å². The monoisotopic (exact) mass is 243 g/mol. The van der Waals surface area contributed by atoms with Crippen molar-refractivity contribution in [3.63, 3.8) is 0 Å². The first-order chi connectivity index (χ1) is 7.33. The molecule has 1 rings (SSSR count). The molecule has 0 amide bonds. The van der Waals surface area contributed by atoms with Gasteiger partial charge in [0.25, 0.3) is 10.0 Å². The van der Waals surface area contributed by atoms with Crippen molar-refractivity contribution in [2.45, 2.75) is 17.9 Å². The van der Waals surface area contributed by atoms with Gasteiger partial charge in [-0.3, -0.25) is 0 Å². The molecule has 0 fully saturated rings. The minimum Gasteiger partial charge on any atom is -0.324 e. The third kappa shape index (κ3) is 3.28. The maximum Gasteiger partial charge on any atom is 0.253 e. The lowest BCUT2D eigenvalue weighted by Crippen LogP contribution is -2.36. The van der Waals surface area contributed by atoms with Crippen LogP contribution in [0, 0.1) is 0 Å². The van der Waals surface area contributed by atoms with Crippen LogP contribution in [-0.2, 0) is 10.0 Å². The van der Waals surface area contributed by atoms with Gasteiger partial charge in [-0.25, -0.2) is 13.4 Å². The van der Waals surface area contributed by atoms with Crippen LogP contribution in [0.3, 0.4) is 0 Å². The van der Waals surface area contributed by atoms with Crippen LogP contribution in [0.1, 0.15) is 18.5 Å². The zero-order valence-electron chi connectivity index (χ0n) is 9.64. The molecule has 0 heterocycles. The lowest BCUT2D eigenvalue weighted by atomic mass is 10.1. The second kappa shape index (κ2) is 4.92. The molecule has 0 saturated heterocycles. The number of benzene rings is 1. The van der Waals surface area contributed by atoms with Gasteiger partial charge in [0.2, 0.25) is 0 Å². The average Bonchev–Trinajstić information content (AvgIpc) is 2.16. The van der Waals surface area contributed by atoms with Crippen molar-refractivity contribution in [2.75, 3.05) is 14.1 Å². The van der Waals surface area contributed by atoms with E-state index in [1.807, 2.05) is 6.92 Å². The van der Waals surface area contributed by atoms with Crippen molar-refractivity contribution in [1.82, 2.24) is 9.84 Å². The summed E-state index contributed by atoms with van der Waals surface area (Å²) in [5, 5.41) is 1.38. The Balaban J connectivity index is 3.09. The molecule has 16 heavy (non-hydrogen) atoms. The molecule has 0 radical (unpaired) electrons. The van der Waals surface area contributed by atoms with Crippen LogP contribution in [-0.4, -0.2) is 27.5 Å². The maximum atomic E-state index is 11.8. The zero-order valence-corrected chi connectivity index (χ0v) is 10.5. The van der Waals surface area contributed by atoms with Crippen LogP contribution in [0.15, 0.2) is 29.2 Å². The van der Waals surface area contributed by atoms with Crippen LogP contribution in [0.4, 0.5) is 0 Å². The van der Waals surface area contributed by atoms with Crippen molar-refractivity contribution >= 4 is 10.0 Å². The van der Waals surface area contributed by atoms with Gasteiger partial charge in [0.15, 0.2) is 0 Å². The normalized spacial score (nSPS) is 14.1. The topological polar surface area (TPSA) is 75.4 Å². The summed E-state index contributed by atoms with van der Waals surface area (Å²) >= 11 is 0. The first kappa shape index (κ1) is 13.1. The lowest BCUT2D eigenvalue weighted by Gasteiger charge is -2.13. The van der Waals surface area contributed by atoms with Gasteiger partial charge in [-0.2, -0.15) is 0 Å². The van der Waals surface area contributed by atoms with Gasteiger partial charge in [0, 0.05) is 20.1 Å². The van der Waals surface area contributed by atoms with Gasteiger partial charge in [-0.15, -0.1) is 4.83 Å². The van der Waals surface area contributed by atoms with E-state index < -0.39 is 10.0 Å². The van der Waals surface area contributed by atoms with Gasteiger partial charge < -0.3 is 5.73 Å². The van der Waals surface area contributed by atoms with E-state index in [1.165, 1.54) is 11.1 Å². The fourth-order valence-corrected chi connectivity index (χ4v) is 2.39. The summed E-state index contributed by atoms with van der Waals surface area (Å²) in [6.07, 6.45) is 0. The smallest absolute Gasteiger partial charge is 0.253 e. The molecule has 0 bridgehead atoms. The molecule has 0 aliphatic rings. The van der Waals surface area contributed by atoms with Crippen molar-refractivity contribution in [2.24, 2.45) is 5.73 Å². The molecule has 90 valence electrons. The number of nitrogens with two attached hydrogens (primary N) is 1. The standard InChI is InChI=1S/C10H17N3O2S/c1-8(11)9-5-4-6-10(7-9)16(14,15)12-13(2)3/h4-8,12H,11H2,1-3H3. The van der Waals surface area contributed by atoms with E-state index in [9.17, 15) is 8.42 Å². The molecule has 1 atom stereocenters. The van der Waals surface area contributed by atoms with Gasteiger partial charge in [-0.1, -0.05) is 12.1 Å². The zero-order chi connectivity index (χ0) is 12.3. The number of hydrazine groups is 1. The molecule has 1 aromatic rings. The van der Waals surface area contributed by atoms with E-state index in [0.29, 0.717) is 0 Å². The number of sulfonamides is 1. The molecular formula is C10H17N3O2S. The maximum absolute atomic E-state index is 11.8. The van der Waals surface area contributed by atoms with Crippen LogP contribution >= 0.6 is 0 Å². The van der Waals surface area contributed by atoms with E-state index in [1.54, 1.807) is 32.3 Å². The summed E-state index contributed by atoms with van der Waals surface area (Å²) in [6.45, 7) is 1.81. The molecule has 3 N–H and O–H groups in total. The highest BCUT2D eigenvalue weighted by Gasteiger charge is 2.15. The summed E-state index contributed by atoms with van der Waals surface area (Å²) < 4.78 is 23.6. The Morgan fingerprint density at radius 3 is 2.50 bits per heavy atom. The quantitative estimate of drug-likeness (QED) is 0.753. The highest BCUT2D eigenvalue weighted by molar-refractivity contribution is 7.89. The van der Waals surface area contributed by atoms with Crippen molar-refractivity contribution < 1.29 is 8.42 Å². The predicted octanol–water partition coefficient (Wildman–Crippen LogP) is 0.461. The van der Waals surface area contributed by atoms with Crippen LogP contribution in [0.25, 0.3) is 0 Å². The third-order valence-electron chi connectivity index (χ3n) is 2.00. The summed E-state index contributed by atoms with van der Waals surface area (Å²) in [4.78, 5) is 2.58. The second-order valence-electron chi connectivity index (χ2n) is 3.85. The Kier molecular flexibility index (Phi) is 4.03. The number of nitrogens with one attached hydrogen (secondary N) is 1. The summed E-state index contributed by atoms with van der Waals surface area (Å²) in [5.41, 5.74) is 6.49. The van der Waals surface area contributed by atoms with E-state index in [0.717, 1.165) is 5.56 Å². The Morgan fingerprint density at radius 2 is 2.00 bits per heavy atom. The number of hydrogen-bond donors (Lipinski definition) is 2. The fraction of sp³-hybridized carbons (Fsp3) is 0.400. The Bertz CT molecular complexity index is 455. The fourth-order valence-electron chi connectivity index (χ4n) is 1.26. The largest absolute Gasteiger partial charge is 0.324 e. The van der Waals surface area contributed by atoms with Crippen molar-refractivity contribution in [3.05, 3.63) is 29.8 Å². The Hall–Kier alpha value is -0.950. The summed E-state index contributed by atoms with van der Waals surface area (Å²) in [5.74, 6) is 0. The molecule has 0 saturated carbocycles. The molecule has 0 aliphatic heterocycles. The molecule has 5 nitrogen and oxygen atoms in total. The minimum atomic E-state index is -3.50. The molecule has 0 spiro atoms. The molecule has 1 unspecified atom stereocenters. The first-order valence-corrected chi connectivity index (χ1v) is 6.36. The molecular weight excluding hydrogens is 226 g/mol. The lowest BCUT2D eigenvalue weighted by molar-refractivity contribution is 0.364. The van der Waals surface area contributed by atoms with Crippen LogP contribution in [0.2, 0.25) is 0 Å². The first-order valence-electron chi connectivity index (χ1n) is 4.88. The molecule has 1 aromatic carbocycles.